The van der Waals surface area contributed by atoms with E-state index < -0.39 is 5.60 Å². The molecular weight excluding hydrogens is 317 g/mol. The van der Waals surface area contributed by atoms with Gasteiger partial charge in [0.15, 0.2) is 0 Å². The minimum absolute atomic E-state index is 0.0192. The molecule has 1 aliphatic heterocycles. The second-order valence-corrected chi connectivity index (χ2v) is 7.72. The minimum atomic E-state index is -0.768. The van der Waals surface area contributed by atoms with Crippen LogP contribution in [0, 0.1) is 11.2 Å². The highest BCUT2D eigenvalue weighted by Gasteiger charge is 2.45. The Hall–Kier alpha value is -2.20. The van der Waals surface area contributed by atoms with Gasteiger partial charge in [0.2, 0.25) is 0 Å². The summed E-state index contributed by atoms with van der Waals surface area (Å²) in [6, 6.07) is 13.7. The average Bonchev–Trinajstić information content (AvgIpc) is 2.58. The Labute approximate surface area is 148 Å². The van der Waals surface area contributed by atoms with E-state index >= 15 is 0 Å². The summed E-state index contributed by atoms with van der Waals surface area (Å²) in [5, 5.41) is 10.5. The van der Waals surface area contributed by atoms with Crippen LogP contribution >= 0.6 is 0 Å². The largest absolute Gasteiger partial charge is 0.389 e. The highest BCUT2D eigenvalue weighted by molar-refractivity contribution is 5.94. The molecule has 1 aliphatic rings. The molecular formula is C21H24FNO2. The molecule has 0 spiro atoms. The third-order valence-electron chi connectivity index (χ3n) is 5.51. The Bertz CT molecular complexity index is 763. The lowest BCUT2D eigenvalue weighted by molar-refractivity contribution is -0.0971. The fraction of sp³-hybridized carbons (Fsp3) is 0.381. The summed E-state index contributed by atoms with van der Waals surface area (Å²) in [6.45, 7) is 6.90. The van der Waals surface area contributed by atoms with Crippen molar-refractivity contribution in [1.82, 2.24) is 4.90 Å². The summed E-state index contributed by atoms with van der Waals surface area (Å²) >= 11 is 0. The normalized spacial score (nSPS) is 22.7. The standard InChI is InChI=1S/C21H24FNO2/c1-20(2)14-23(13-12-21(20,3)25)19(24)17-6-4-15(5-7-17)16-8-10-18(22)11-9-16/h4-11,25H,12-14H2,1-3H3/t21-/m1/s1. The zero-order valence-electron chi connectivity index (χ0n) is 14.9. The molecule has 1 fully saturated rings. The van der Waals surface area contributed by atoms with Crippen molar-refractivity contribution < 1.29 is 14.3 Å². The Morgan fingerprint density at radius 2 is 1.52 bits per heavy atom. The SMILES string of the molecule is CC1(C)CN(C(=O)c2ccc(-c3ccc(F)cc3)cc2)CC[C@@]1(C)O. The number of hydrogen-bond donors (Lipinski definition) is 1. The van der Waals surface area contributed by atoms with Crippen molar-refractivity contribution in [3.8, 4) is 11.1 Å². The lowest BCUT2D eigenvalue weighted by Gasteiger charge is -2.48. The minimum Gasteiger partial charge on any atom is -0.389 e. The maximum atomic E-state index is 13.0. The number of nitrogens with zero attached hydrogens (tertiary/aromatic N) is 1. The third-order valence-corrected chi connectivity index (χ3v) is 5.51. The topological polar surface area (TPSA) is 40.5 Å². The average molecular weight is 341 g/mol. The number of benzene rings is 2. The van der Waals surface area contributed by atoms with Gasteiger partial charge in [-0.1, -0.05) is 38.1 Å². The molecule has 4 heteroatoms. The Balaban J connectivity index is 1.76. The molecule has 0 radical (unpaired) electrons. The fourth-order valence-corrected chi connectivity index (χ4v) is 3.22. The van der Waals surface area contributed by atoms with E-state index in [0.717, 1.165) is 11.1 Å². The molecule has 0 aromatic heterocycles. The van der Waals surface area contributed by atoms with Gasteiger partial charge in [0.25, 0.3) is 5.91 Å². The van der Waals surface area contributed by atoms with Crippen molar-refractivity contribution in [2.45, 2.75) is 32.8 Å². The van der Waals surface area contributed by atoms with Gasteiger partial charge in [0, 0.05) is 24.1 Å². The lowest BCUT2D eigenvalue weighted by Crippen LogP contribution is -2.56. The molecule has 2 aromatic rings. The van der Waals surface area contributed by atoms with E-state index in [1.54, 1.807) is 24.3 Å². The number of hydrogen-bond acceptors (Lipinski definition) is 2. The van der Waals surface area contributed by atoms with Crippen molar-refractivity contribution in [2.24, 2.45) is 5.41 Å². The van der Waals surface area contributed by atoms with Crippen molar-refractivity contribution in [1.29, 1.82) is 0 Å². The zero-order valence-corrected chi connectivity index (χ0v) is 14.9. The zero-order chi connectivity index (χ0) is 18.2. The van der Waals surface area contributed by atoms with Gasteiger partial charge in [-0.25, -0.2) is 4.39 Å². The van der Waals surface area contributed by atoms with E-state index in [1.165, 1.54) is 12.1 Å². The number of carbonyl (C=O) groups is 1. The van der Waals surface area contributed by atoms with Crippen LogP contribution < -0.4 is 0 Å². The molecule has 25 heavy (non-hydrogen) atoms. The smallest absolute Gasteiger partial charge is 0.253 e. The monoisotopic (exact) mass is 341 g/mol. The molecule has 0 bridgehead atoms. The summed E-state index contributed by atoms with van der Waals surface area (Å²) in [7, 11) is 0. The van der Waals surface area contributed by atoms with Gasteiger partial charge in [-0.05, 0) is 48.7 Å². The van der Waals surface area contributed by atoms with E-state index in [1.807, 2.05) is 37.8 Å². The molecule has 2 aromatic carbocycles. The number of amides is 1. The van der Waals surface area contributed by atoms with Crippen LogP contribution in [0.4, 0.5) is 4.39 Å². The van der Waals surface area contributed by atoms with Crippen LogP contribution in [-0.4, -0.2) is 34.6 Å². The summed E-state index contributed by atoms with van der Waals surface area (Å²) in [5.74, 6) is -0.284. The molecule has 1 heterocycles. The molecule has 132 valence electrons. The van der Waals surface area contributed by atoms with Crippen LogP contribution in [0.1, 0.15) is 37.6 Å². The lowest BCUT2D eigenvalue weighted by atomic mass is 9.71. The first-order chi connectivity index (χ1) is 11.7. The van der Waals surface area contributed by atoms with Crippen molar-refractivity contribution in [3.63, 3.8) is 0 Å². The second kappa shape index (κ2) is 6.26. The number of carbonyl (C=O) groups excluding carboxylic acids is 1. The quantitative estimate of drug-likeness (QED) is 0.893. The molecule has 1 saturated heterocycles. The Morgan fingerprint density at radius 1 is 1.00 bits per heavy atom. The second-order valence-electron chi connectivity index (χ2n) is 7.72. The summed E-state index contributed by atoms with van der Waals surface area (Å²) < 4.78 is 13.0. The van der Waals surface area contributed by atoms with Crippen LogP contribution in [-0.2, 0) is 0 Å². The summed E-state index contributed by atoms with van der Waals surface area (Å²) in [5.41, 5.74) is 1.36. The Morgan fingerprint density at radius 3 is 2.04 bits per heavy atom. The van der Waals surface area contributed by atoms with E-state index in [2.05, 4.69) is 0 Å². The van der Waals surface area contributed by atoms with Gasteiger partial charge in [0.1, 0.15) is 5.82 Å². The summed E-state index contributed by atoms with van der Waals surface area (Å²) in [4.78, 5) is 14.6. The van der Waals surface area contributed by atoms with E-state index in [4.69, 9.17) is 0 Å². The number of aliphatic hydroxyl groups is 1. The number of likely N-dealkylation sites (tertiary alicyclic amines) is 1. The van der Waals surface area contributed by atoms with Gasteiger partial charge in [-0.15, -0.1) is 0 Å². The van der Waals surface area contributed by atoms with Crippen LogP contribution in [0.15, 0.2) is 48.5 Å². The maximum absolute atomic E-state index is 13.0. The predicted octanol–water partition coefficient (Wildman–Crippen LogP) is 4.12. The van der Waals surface area contributed by atoms with Crippen molar-refractivity contribution in [2.75, 3.05) is 13.1 Å². The first-order valence-corrected chi connectivity index (χ1v) is 8.57. The highest BCUT2D eigenvalue weighted by atomic mass is 19.1. The third kappa shape index (κ3) is 3.45. The molecule has 3 rings (SSSR count). The predicted molar refractivity (Wildman–Crippen MR) is 96.8 cm³/mol. The maximum Gasteiger partial charge on any atom is 0.253 e. The number of halogens is 1. The van der Waals surface area contributed by atoms with Gasteiger partial charge >= 0.3 is 0 Å². The molecule has 1 N–H and O–H groups in total. The van der Waals surface area contributed by atoms with E-state index in [0.29, 0.717) is 25.1 Å². The van der Waals surface area contributed by atoms with Gasteiger partial charge in [-0.2, -0.15) is 0 Å². The van der Waals surface area contributed by atoms with Gasteiger partial charge < -0.3 is 10.0 Å². The van der Waals surface area contributed by atoms with Crippen molar-refractivity contribution in [3.05, 3.63) is 59.9 Å². The molecule has 0 saturated carbocycles. The molecule has 1 amide bonds. The molecule has 3 nitrogen and oxygen atoms in total. The molecule has 0 aliphatic carbocycles. The molecule has 0 unspecified atom stereocenters. The molecule has 1 atom stereocenters. The highest BCUT2D eigenvalue weighted by Crippen LogP contribution is 2.38. The van der Waals surface area contributed by atoms with E-state index in [-0.39, 0.29) is 17.1 Å². The van der Waals surface area contributed by atoms with Crippen LogP contribution in [0.25, 0.3) is 11.1 Å². The van der Waals surface area contributed by atoms with Gasteiger partial charge in [-0.3, -0.25) is 4.79 Å². The number of rotatable bonds is 2. The van der Waals surface area contributed by atoms with Crippen molar-refractivity contribution >= 4 is 5.91 Å². The van der Waals surface area contributed by atoms with E-state index in [9.17, 15) is 14.3 Å². The van der Waals surface area contributed by atoms with Gasteiger partial charge in [0.05, 0.1) is 5.60 Å². The van der Waals surface area contributed by atoms with Crippen LogP contribution in [0.2, 0.25) is 0 Å². The first-order valence-electron chi connectivity index (χ1n) is 8.57. The van der Waals surface area contributed by atoms with Crippen LogP contribution in [0.5, 0.6) is 0 Å². The Kier molecular flexibility index (Phi) is 4.41. The first kappa shape index (κ1) is 17.6. The van der Waals surface area contributed by atoms with Crippen LogP contribution in [0.3, 0.4) is 0 Å². The fourth-order valence-electron chi connectivity index (χ4n) is 3.22. The number of piperidine rings is 1. The summed E-state index contributed by atoms with van der Waals surface area (Å²) in [6.07, 6.45) is 0.569.